The summed E-state index contributed by atoms with van der Waals surface area (Å²) in [5, 5.41) is 1.88. The maximum Gasteiger partial charge on any atom is 0.244 e. The van der Waals surface area contributed by atoms with Crippen molar-refractivity contribution in [3.05, 3.63) is 44.3 Å². The molecule has 2 heterocycles. The van der Waals surface area contributed by atoms with Crippen LogP contribution in [0.4, 0.5) is 0 Å². The Kier molecular flexibility index (Phi) is 5.43. The highest BCUT2D eigenvalue weighted by molar-refractivity contribution is 9.10. The molecule has 2 aromatic rings. The standard InChI is InChI=1S/C13H14BrClN2O2S2/c1-8(2)12(10-4-3-5-20-10)17-21(18,19)11-6-9(14)7-16-13(11)15/h3-8,12,17H,1-2H3. The van der Waals surface area contributed by atoms with Gasteiger partial charge in [-0.25, -0.2) is 18.1 Å². The van der Waals surface area contributed by atoms with Crippen molar-refractivity contribution < 1.29 is 8.42 Å². The minimum absolute atomic E-state index is 0.0271. The van der Waals surface area contributed by atoms with Crippen LogP contribution in [0, 0.1) is 5.92 Å². The maximum atomic E-state index is 12.6. The lowest BCUT2D eigenvalue weighted by molar-refractivity contribution is 0.469. The van der Waals surface area contributed by atoms with Gasteiger partial charge in [0.2, 0.25) is 10.0 Å². The summed E-state index contributed by atoms with van der Waals surface area (Å²) in [7, 11) is -3.75. The fraction of sp³-hybridized carbons (Fsp3) is 0.308. The third-order valence-electron chi connectivity index (χ3n) is 2.86. The molecule has 0 saturated carbocycles. The highest BCUT2D eigenvalue weighted by Gasteiger charge is 2.26. The summed E-state index contributed by atoms with van der Waals surface area (Å²) in [5.74, 6) is 0.109. The zero-order chi connectivity index (χ0) is 15.6. The second-order valence-electron chi connectivity index (χ2n) is 4.80. The molecule has 0 aliphatic carbocycles. The highest BCUT2D eigenvalue weighted by atomic mass is 79.9. The molecule has 2 rings (SSSR count). The van der Waals surface area contributed by atoms with E-state index in [-0.39, 0.29) is 22.0 Å². The van der Waals surface area contributed by atoms with Gasteiger partial charge in [0.05, 0.1) is 6.04 Å². The van der Waals surface area contributed by atoms with E-state index in [9.17, 15) is 8.42 Å². The van der Waals surface area contributed by atoms with E-state index in [2.05, 4.69) is 25.6 Å². The SMILES string of the molecule is CC(C)C(NS(=O)(=O)c1cc(Br)cnc1Cl)c1cccs1. The Morgan fingerprint density at radius 2 is 2.14 bits per heavy atom. The van der Waals surface area contributed by atoms with Gasteiger partial charge in [-0.05, 0) is 39.4 Å². The van der Waals surface area contributed by atoms with Crippen molar-refractivity contribution >= 4 is 48.9 Å². The van der Waals surface area contributed by atoms with Crippen LogP contribution in [0.15, 0.2) is 39.1 Å². The molecule has 0 spiro atoms. The second kappa shape index (κ2) is 6.75. The van der Waals surface area contributed by atoms with Gasteiger partial charge in [-0.3, -0.25) is 0 Å². The molecule has 21 heavy (non-hydrogen) atoms. The first-order valence-electron chi connectivity index (χ1n) is 6.18. The maximum absolute atomic E-state index is 12.6. The van der Waals surface area contributed by atoms with Crippen LogP contribution in [-0.4, -0.2) is 13.4 Å². The van der Waals surface area contributed by atoms with Crippen molar-refractivity contribution in [3.63, 3.8) is 0 Å². The van der Waals surface area contributed by atoms with Gasteiger partial charge in [-0.15, -0.1) is 11.3 Å². The third-order valence-corrected chi connectivity index (χ3v) is 6.12. The van der Waals surface area contributed by atoms with E-state index >= 15 is 0 Å². The average Bonchev–Trinajstić information content (AvgIpc) is 2.92. The molecule has 0 aliphatic rings. The molecule has 0 amide bonds. The predicted octanol–water partition coefficient (Wildman–Crippen LogP) is 4.23. The number of nitrogens with zero attached hydrogens (tertiary/aromatic N) is 1. The van der Waals surface area contributed by atoms with Crippen LogP contribution < -0.4 is 4.72 Å². The van der Waals surface area contributed by atoms with Gasteiger partial charge in [0.25, 0.3) is 0 Å². The molecule has 1 N–H and O–H groups in total. The molecule has 0 radical (unpaired) electrons. The molecule has 0 aliphatic heterocycles. The monoisotopic (exact) mass is 408 g/mol. The van der Waals surface area contributed by atoms with Crippen LogP contribution in [0.25, 0.3) is 0 Å². The number of thiophene rings is 1. The van der Waals surface area contributed by atoms with Gasteiger partial charge in [-0.2, -0.15) is 0 Å². The van der Waals surface area contributed by atoms with Crippen LogP contribution in [0.5, 0.6) is 0 Å². The molecule has 1 atom stereocenters. The van der Waals surface area contributed by atoms with Crippen molar-refractivity contribution in [2.75, 3.05) is 0 Å². The molecule has 0 bridgehead atoms. The lowest BCUT2D eigenvalue weighted by Crippen LogP contribution is -2.31. The van der Waals surface area contributed by atoms with Gasteiger partial charge in [0.1, 0.15) is 10.0 Å². The number of pyridine rings is 1. The Balaban J connectivity index is 2.37. The number of rotatable bonds is 5. The van der Waals surface area contributed by atoms with Crippen LogP contribution in [0.2, 0.25) is 5.15 Å². The van der Waals surface area contributed by atoms with Crippen LogP contribution in [0.1, 0.15) is 24.8 Å². The molecule has 0 fully saturated rings. The van der Waals surface area contributed by atoms with E-state index in [4.69, 9.17) is 11.6 Å². The fourth-order valence-electron chi connectivity index (χ4n) is 1.81. The van der Waals surface area contributed by atoms with E-state index in [1.165, 1.54) is 23.6 Å². The van der Waals surface area contributed by atoms with E-state index < -0.39 is 10.0 Å². The fourth-order valence-corrected chi connectivity index (χ4v) is 5.15. The average molecular weight is 410 g/mol. The smallest absolute Gasteiger partial charge is 0.242 e. The summed E-state index contributed by atoms with van der Waals surface area (Å²) in [6, 6.07) is 4.96. The Morgan fingerprint density at radius 3 is 2.71 bits per heavy atom. The summed E-state index contributed by atoms with van der Waals surface area (Å²) < 4.78 is 28.4. The summed E-state index contributed by atoms with van der Waals surface area (Å²) in [6.45, 7) is 3.93. The van der Waals surface area contributed by atoms with Gasteiger partial charge in [0, 0.05) is 15.5 Å². The lowest BCUT2D eigenvalue weighted by Gasteiger charge is -2.21. The molecule has 2 aromatic heterocycles. The van der Waals surface area contributed by atoms with Crippen molar-refractivity contribution in [2.24, 2.45) is 5.92 Å². The van der Waals surface area contributed by atoms with E-state index in [0.717, 1.165) is 4.88 Å². The summed E-state index contributed by atoms with van der Waals surface area (Å²) >= 11 is 10.6. The van der Waals surface area contributed by atoms with E-state index in [1.54, 1.807) is 0 Å². The first-order chi connectivity index (χ1) is 9.81. The molecule has 1 unspecified atom stereocenters. The largest absolute Gasteiger partial charge is 0.244 e. The molecule has 0 saturated heterocycles. The first-order valence-corrected chi connectivity index (χ1v) is 9.71. The third kappa shape index (κ3) is 4.04. The Labute approximate surface area is 141 Å². The molecule has 4 nitrogen and oxygen atoms in total. The summed E-state index contributed by atoms with van der Waals surface area (Å²) in [5.41, 5.74) is 0. The van der Waals surface area contributed by atoms with Crippen LogP contribution in [-0.2, 0) is 10.0 Å². The van der Waals surface area contributed by atoms with Gasteiger partial charge in [0.15, 0.2) is 0 Å². The van der Waals surface area contributed by atoms with Crippen molar-refractivity contribution in [3.8, 4) is 0 Å². The lowest BCUT2D eigenvalue weighted by atomic mass is 10.0. The van der Waals surface area contributed by atoms with Crippen molar-refractivity contribution in [2.45, 2.75) is 24.8 Å². The number of sulfonamides is 1. The van der Waals surface area contributed by atoms with Gasteiger partial charge >= 0.3 is 0 Å². The Morgan fingerprint density at radius 1 is 1.43 bits per heavy atom. The minimum Gasteiger partial charge on any atom is -0.242 e. The molecule has 0 aromatic carbocycles. The molecular formula is C13H14BrClN2O2S2. The molecule has 114 valence electrons. The highest BCUT2D eigenvalue weighted by Crippen LogP contribution is 2.29. The first kappa shape index (κ1) is 16.9. The number of nitrogens with one attached hydrogen (secondary N) is 1. The van der Waals surface area contributed by atoms with Crippen molar-refractivity contribution in [1.29, 1.82) is 0 Å². The number of halogens is 2. The summed E-state index contributed by atoms with van der Waals surface area (Å²) in [6.07, 6.45) is 1.46. The number of hydrogen-bond acceptors (Lipinski definition) is 4. The van der Waals surface area contributed by atoms with Crippen LogP contribution >= 0.6 is 38.9 Å². The van der Waals surface area contributed by atoms with Crippen LogP contribution in [0.3, 0.4) is 0 Å². The predicted molar refractivity (Wildman–Crippen MR) is 89.2 cm³/mol. The topological polar surface area (TPSA) is 59.1 Å². The second-order valence-corrected chi connectivity index (χ2v) is 8.74. The Hall–Kier alpha value is -0.470. The van der Waals surface area contributed by atoms with Crippen molar-refractivity contribution in [1.82, 2.24) is 9.71 Å². The molecular weight excluding hydrogens is 396 g/mol. The Bertz CT molecular complexity index is 718. The summed E-state index contributed by atoms with van der Waals surface area (Å²) in [4.78, 5) is 4.80. The van der Waals surface area contributed by atoms with E-state index in [1.807, 2.05) is 31.4 Å². The quantitative estimate of drug-likeness (QED) is 0.752. The number of hydrogen-bond donors (Lipinski definition) is 1. The van der Waals surface area contributed by atoms with Gasteiger partial charge in [-0.1, -0.05) is 31.5 Å². The van der Waals surface area contributed by atoms with Gasteiger partial charge < -0.3 is 0 Å². The molecule has 8 heteroatoms. The normalized spacial score (nSPS) is 13.6. The van der Waals surface area contributed by atoms with E-state index in [0.29, 0.717) is 4.47 Å². The zero-order valence-corrected chi connectivity index (χ0v) is 15.4. The zero-order valence-electron chi connectivity index (χ0n) is 11.4. The number of aromatic nitrogens is 1. The minimum atomic E-state index is -3.75.